The predicted molar refractivity (Wildman–Crippen MR) is 253 cm³/mol. The van der Waals surface area contributed by atoms with Gasteiger partial charge in [-0.25, -0.2) is 23.5 Å². The zero-order chi connectivity index (χ0) is 48.3. The molecule has 0 atom stereocenters. The van der Waals surface area contributed by atoms with Gasteiger partial charge in [0.1, 0.15) is 41.9 Å². The maximum atomic E-state index is 13.2. The number of hydrogen-bond donors (Lipinski definition) is 4. The molecule has 0 spiro atoms. The highest BCUT2D eigenvalue weighted by molar-refractivity contribution is 5.97. The lowest BCUT2D eigenvalue weighted by Crippen LogP contribution is -2.25. The van der Waals surface area contributed by atoms with E-state index in [0.29, 0.717) is 83.0 Å². The van der Waals surface area contributed by atoms with Gasteiger partial charge in [-0.1, -0.05) is 12.1 Å². The molecule has 16 nitrogen and oxygen atoms in total. The molecule has 4 aromatic carbocycles. The van der Waals surface area contributed by atoms with E-state index in [1.807, 2.05) is 12.1 Å². The highest BCUT2D eigenvalue weighted by Crippen LogP contribution is 2.39. The molecular weight excluding hydrogens is 893 g/mol. The number of aromatic nitrogens is 4. The summed E-state index contributed by atoms with van der Waals surface area (Å²) in [7, 11) is 0. The quantitative estimate of drug-likeness (QED) is 0.0751. The van der Waals surface area contributed by atoms with E-state index in [9.17, 15) is 28.0 Å². The van der Waals surface area contributed by atoms with Crippen molar-refractivity contribution in [2.45, 2.75) is 6.42 Å². The van der Waals surface area contributed by atoms with Crippen LogP contribution in [0.15, 0.2) is 168 Å². The zero-order valence-corrected chi connectivity index (χ0v) is 36.4. The molecule has 5 N–H and O–H groups in total. The van der Waals surface area contributed by atoms with E-state index in [4.69, 9.17) is 29.8 Å². The molecule has 69 heavy (non-hydrogen) atoms. The number of nitrogens with zero attached hydrogens (tertiary/aromatic N) is 4. The lowest BCUT2D eigenvalue weighted by atomic mass is 10.0. The largest absolute Gasteiger partial charge is 0.485 e. The Labute approximate surface area is 391 Å². The molecule has 0 fully saturated rings. The monoisotopic (exact) mass is 933 g/mol. The molecule has 2 aliphatic heterocycles. The minimum atomic E-state index is -1.29. The maximum absolute atomic E-state index is 13.2. The SMILES string of the molecule is Nc1ccc(Oc2ccnc3c2OCCN3)cc1.O=C(Cc1ccc(Oc2ccnc3c2OCCN3)cc1)c1cccn(-c2ccc(F)cc2)c1=O.O=C(O)c1cccn(-c2ccc(F)cc2)c1=O. The van der Waals surface area contributed by atoms with Crippen LogP contribution in [-0.4, -0.2) is 62.3 Å². The average molecular weight is 934 g/mol. The molecule has 18 heteroatoms. The number of carbonyl (C=O) groups is 2. The van der Waals surface area contributed by atoms with Crippen molar-refractivity contribution in [1.82, 2.24) is 19.1 Å². The molecule has 348 valence electrons. The average Bonchev–Trinajstić information content (AvgIpc) is 3.36. The molecule has 6 heterocycles. The van der Waals surface area contributed by atoms with Crippen molar-refractivity contribution in [2.75, 3.05) is 42.7 Å². The van der Waals surface area contributed by atoms with Crippen LogP contribution < -0.4 is 46.4 Å². The number of carbonyl (C=O) groups excluding carboxylic acids is 1. The first-order valence-corrected chi connectivity index (χ1v) is 21.2. The number of fused-ring (bicyclic) bond motifs is 2. The van der Waals surface area contributed by atoms with Crippen LogP contribution in [0.2, 0.25) is 0 Å². The van der Waals surface area contributed by atoms with Crippen molar-refractivity contribution < 1.29 is 42.4 Å². The summed E-state index contributed by atoms with van der Waals surface area (Å²) in [5.41, 5.74) is 6.63. The van der Waals surface area contributed by atoms with Crippen molar-refractivity contribution in [3.05, 3.63) is 207 Å². The van der Waals surface area contributed by atoms with Gasteiger partial charge in [0.2, 0.25) is 11.5 Å². The highest BCUT2D eigenvalue weighted by atomic mass is 19.1. The van der Waals surface area contributed by atoms with Crippen LogP contribution in [0.25, 0.3) is 11.4 Å². The number of nitrogens with two attached hydrogens (primary N) is 1. The van der Waals surface area contributed by atoms with Crippen LogP contribution in [0.1, 0.15) is 26.3 Å². The smallest absolute Gasteiger partial charge is 0.341 e. The summed E-state index contributed by atoms with van der Waals surface area (Å²) >= 11 is 0. The zero-order valence-electron chi connectivity index (χ0n) is 36.4. The van der Waals surface area contributed by atoms with Gasteiger partial charge in [0.05, 0.1) is 18.7 Å². The van der Waals surface area contributed by atoms with Gasteiger partial charge in [0.15, 0.2) is 28.9 Å². The van der Waals surface area contributed by atoms with Crippen LogP contribution in [0.5, 0.6) is 34.5 Å². The number of ketones is 1. The molecule has 10 rings (SSSR count). The second-order valence-corrected chi connectivity index (χ2v) is 15.0. The third kappa shape index (κ3) is 11.4. The molecule has 4 aromatic heterocycles. The van der Waals surface area contributed by atoms with Crippen LogP contribution >= 0.6 is 0 Å². The van der Waals surface area contributed by atoms with E-state index < -0.39 is 28.7 Å². The van der Waals surface area contributed by atoms with Gasteiger partial charge >= 0.3 is 5.97 Å². The predicted octanol–water partition coefficient (Wildman–Crippen LogP) is 8.33. The Hall–Kier alpha value is -9.32. The molecule has 0 saturated carbocycles. The van der Waals surface area contributed by atoms with E-state index in [1.165, 1.54) is 77.5 Å². The summed E-state index contributed by atoms with van der Waals surface area (Å²) < 4.78 is 51.4. The number of benzene rings is 4. The molecule has 0 radical (unpaired) electrons. The standard InChI is InChI=1S/C26H20FN3O4.C13H13N3O2.C12H8FNO3/c27-18-5-7-19(8-6-18)30-14-1-2-21(26(30)32)22(31)16-17-3-9-20(10-4-17)34-23-11-12-28-25-24(23)33-15-13-29-25;14-9-1-3-10(4-2-9)18-11-5-6-15-13-12(11)17-8-7-16-13;13-8-3-5-9(6-4-8)14-7-1-2-10(11(14)15)12(16)17/h1-12,14H,13,15-16H2,(H,28,29);1-6H,7-8,14H2,(H,15,16);1-7H,(H,16,17). The van der Waals surface area contributed by atoms with E-state index in [1.54, 1.807) is 73.2 Å². The topological polar surface area (TPSA) is 211 Å². The first-order chi connectivity index (χ1) is 33.5. The number of rotatable bonds is 10. The van der Waals surface area contributed by atoms with Gasteiger partial charge in [-0.3, -0.25) is 23.5 Å². The minimum Gasteiger partial charge on any atom is -0.485 e. The van der Waals surface area contributed by atoms with Gasteiger partial charge in [0, 0.05) is 60.4 Å². The lowest BCUT2D eigenvalue weighted by Gasteiger charge is -2.20. The molecule has 0 saturated heterocycles. The van der Waals surface area contributed by atoms with E-state index in [2.05, 4.69) is 20.6 Å². The number of nitrogen functional groups attached to an aromatic ring is 1. The van der Waals surface area contributed by atoms with Gasteiger partial charge in [-0.15, -0.1) is 0 Å². The number of hydrogen-bond acceptors (Lipinski definition) is 13. The molecule has 0 unspecified atom stereocenters. The fraction of sp³-hybridized carbons (Fsp3) is 0.0980. The van der Waals surface area contributed by atoms with Gasteiger partial charge in [-0.2, -0.15) is 0 Å². The summed E-state index contributed by atoms with van der Waals surface area (Å²) in [6, 6.07) is 34.3. The molecular formula is C51H41F2N7O9. The number of aromatic carboxylic acids is 1. The van der Waals surface area contributed by atoms with E-state index in [-0.39, 0.29) is 23.3 Å². The first kappa shape index (κ1) is 46.2. The van der Waals surface area contributed by atoms with Gasteiger partial charge in [0.25, 0.3) is 11.1 Å². The summed E-state index contributed by atoms with van der Waals surface area (Å²) in [5.74, 6) is 2.65. The molecule has 0 amide bonds. The Bertz CT molecular complexity index is 3220. The minimum absolute atomic E-state index is 0.0562. The van der Waals surface area contributed by atoms with Crippen molar-refractivity contribution in [2.24, 2.45) is 0 Å². The van der Waals surface area contributed by atoms with Crippen molar-refractivity contribution in [3.8, 4) is 45.9 Å². The maximum Gasteiger partial charge on any atom is 0.341 e. The molecule has 0 bridgehead atoms. The number of anilines is 3. The number of carboxylic acids is 1. The summed E-state index contributed by atoms with van der Waals surface area (Å²) in [4.78, 5) is 56.7. The van der Waals surface area contributed by atoms with Crippen LogP contribution in [0.3, 0.4) is 0 Å². The summed E-state index contributed by atoms with van der Waals surface area (Å²) in [6.45, 7) is 2.57. The highest BCUT2D eigenvalue weighted by Gasteiger charge is 2.19. The fourth-order valence-electron chi connectivity index (χ4n) is 6.92. The Morgan fingerprint density at radius 3 is 1.55 bits per heavy atom. The second kappa shape index (κ2) is 21.3. The Kier molecular flexibility index (Phi) is 14.3. The van der Waals surface area contributed by atoms with Crippen molar-refractivity contribution in [1.29, 1.82) is 0 Å². The van der Waals surface area contributed by atoms with Crippen molar-refractivity contribution in [3.63, 3.8) is 0 Å². The Morgan fingerprint density at radius 2 is 1.07 bits per heavy atom. The Balaban J connectivity index is 0.000000154. The molecule has 2 aliphatic rings. The Morgan fingerprint density at radius 1 is 0.623 bits per heavy atom. The first-order valence-electron chi connectivity index (χ1n) is 21.2. The van der Waals surface area contributed by atoms with Crippen LogP contribution in [0.4, 0.5) is 26.1 Å². The lowest BCUT2D eigenvalue weighted by molar-refractivity contribution is 0.0694. The third-order valence-electron chi connectivity index (χ3n) is 10.3. The summed E-state index contributed by atoms with van der Waals surface area (Å²) in [5, 5.41) is 15.1. The number of nitrogens with one attached hydrogen (secondary N) is 2. The number of Topliss-reactive ketones (excluding diaryl/α,β-unsaturated/α-hetero) is 1. The van der Waals surface area contributed by atoms with Crippen LogP contribution in [-0.2, 0) is 6.42 Å². The van der Waals surface area contributed by atoms with Crippen molar-refractivity contribution >= 4 is 29.1 Å². The van der Waals surface area contributed by atoms with E-state index >= 15 is 0 Å². The number of pyridine rings is 4. The number of ether oxygens (including phenoxy) is 4. The number of halogens is 2. The van der Waals surface area contributed by atoms with Gasteiger partial charge in [-0.05, 0) is 115 Å². The van der Waals surface area contributed by atoms with E-state index in [0.717, 1.165) is 16.7 Å². The second-order valence-electron chi connectivity index (χ2n) is 15.0. The fourth-order valence-corrected chi connectivity index (χ4v) is 6.92. The number of carboxylic acid groups (broad SMARTS) is 1. The van der Waals surface area contributed by atoms with Gasteiger partial charge < -0.3 is 40.4 Å². The third-order valence-corrected chi connectivity index (χ3v) is 10.3. The van der Waals surface area contributed by atoms with Crippen LogP contribution in [0, 0.1) is 11.6 Å². The normalized spacial score (nSPS) is 12.0. The molecule has 8 aromatic rings. The summed E-state index contributed by atoms with van der Waals surface area (Å²) in [6.07, 6.45) is 6.37. The molecule has 0 aliphatic carbocycles.